The summed E-state index contributed by atoms with van der Waals surface area (Å²) in [5.41, 5.74) is -2.93. The summed E-state index contributed by atoms with van der Waals surface area (Å²) in [5.74, 6) is -1.61. The van der Waals surface area contributed by atoms with Gasteiger partial charge in [-0.1, -0.05) is 0 Å². The van der Waals surface area contributed by atoms with E-state index in [1.165, 1.54) is 0 Å². The van der Waals surface area contributed by atoms with Gasteiger partial charge < -0.3 is 4.98 Å². The lowest BCUT2D eigenvalue weighted by atomic mass is 10.3. The topological polar surface area (TPSA) is 93.0 Å². The number of aromatic nitrogens is 1. The number of aromatic amines is 1. The highest BCUT2D eigenvalue weighted by molar-refractivity contribution is 7.89. The molecule has 1 rings (SSSR count). The highest BCUT2D eigenvalue weighted by Crippen LogP contribution is 2.18. The van der Waals surface area contributed by atoms with Gasteiger partial charge in [0.05, 0.1) is 0 Å². The number of primary sulfonamides is 1. The van der Waals surface area contributed by atoms with E-state index in [0.717, 1.165) is 0 Å². The quantitative estimate of drug-likeness (QED) is 0.770. The molecular weight excluding hydrogens is 237 g/mol. The first kappa shape index (κ1) is 11.7. The van der Waals surface area contributed by atoms with E-state index in [4.69, 9.17) is 0 Å². The maximum atomic E-state index is 12.9. The molecule has 0 aliphatic rings. The third-order valence-electron chi connectivity index (χ3n) is 1.52. The fraction of sp³-hybridized carbons (Fsp3) is 0.167. The van der Waals surface area contributed by atoms with Crippen molar-refractivity contribution in [1.29, 1.82) is 0 Å². The van der Waals surface area contributed by atoms with Crippen LogP contribution in [0.25, 0.3) is 0 Å². The number of rotatable bonds is 2. The molecule has 0 aliphatic carbocycles. The molecule has 0 aliphatic heterocycles. The maximum Gasteiger partial charge on any atom is 0.272 e. The average molecular weight is 242 g/mol. The predicted octanol–water partition coefficient (Wildman–Crippen LogP) is 0.0990. The van der Waals surface area contributed by atoms with Crippen LogP contribution in [0.15, 0.2) is 15.9 Å². The molecule has 0 saturated heterocycles. The third-order valence-corrected chi connectivity index (χ3v) is 2.35. The van der Waals surface area contributed by atoms with Crippen LogP contribution in [0.2, 0.25) is 0 Å². The van der Waals surface area contributed by atoms with Crippen LogP contribution in [-0.2, 0) is 10.0 Å². The zero-order chi connectivity index (χ0) is 11.8. The number of hydrogen-bond donors (Lipinski definition) is 2. The van der Waals surface area contributed by atoms with Crippen LogP contribution < -0.4 is 10.7 Å². The van der Waals surface area contributed by atoms with Crippen molar-refractivity contribution >= 4 is 10.0 Å². The third kappa shape index (κ3) is 2.36. The van der Waals surface area contributed by atoms with E-state index in [0.29, 0.717) is 0 Å². The zero-order valence-corrected chi connectivity index (χ0v) is 7.82. The lowest BCUT2D eigenvalue weighted by Gasteiger charge is -2.02. The molecule has 1 aromatic heterocycles. The van der Waals surface area contributed by atoms with E-state index in [1.807, 2.05) is 0 Å². The number of H-pyrrole nitrogens is 1. The molecule has 0 radical (unpaired) electrons. The zero-order valence-electron chi connectivity index (χ0n) is 7.00. The van der Waals surface area contributed by atoms with Crippen LogP contribution in [-0.4, -0.2) is 13.4 Å². The SMILES string of the molecule is NS(=O)(=O)c1cc(F)c(C(F)F)c(=O)[nH]1. The number of hydrogen-bond acceptors (Lipinski definition) is 3. The van der Waals surface area contributed by atoms with E-state index in [1.54, 1.807) is 4.98 Å². The number of nitrogens with two attached hydrogens (primary N) is 1. The van der Waals surface area contributed by atoms with Crippen molar-refractivity contribution in [3.8, 4) is 0 Å². The molecule has 0 bridgehead atoms. The van der Waals surface area contributed by atoms with E-state index >= 15 is 0 Å². The minimum atomic E-state index is -4.33. The Bertz CT molecular complexity index is 537. The van der Waals surface area contributed by atoms with Crippen LogP contribution in [0.4, 0.5) is 13.2 Å². The number of nitrogens with one attached hydrogen (secondary N) is 1. The number of sulfonamides is 1. The Labute approximate surface area is 81.8 Å². The first-order valence-electron chi connectivity index (χ1n) is 3.47. The first-order chi connectivity index (χ1) is 6.73. The summed E-state index contributed by atoms with van der Waals surface area (Å²) in [6.07, 6.45) is -3.33. The summed E-state index contributed by atoms with van der Waals surface area (Å²) < 4.78 is 58.4. The molecule has 0 aromatic carbocycles. The summed E-state index contributed by atoms with van der Waals surface area (Å²) in [6, 6.07) is 0.234. The van der Waals surface area contributed by atoms with Crippen molar-refractivity contribution in [3.05, 3.63) is 27.8 Å². The minimum Gasteiger partial charge on any atom is -0.311 e. The number of pyridine rings is 1. The number of halogens is 3. The van der Waals surface area contributed by atoms with Gasteiger partial charge in [-0.3, -0.25) is 4.79 Å². The summed E-state index contributed by atoms with van der Waals surface area (Å²) >= 11 is 0. The van der Waals surface area contributed by atoms with Gasteiger partial charge in [0.2, 0.25) is 0 Å². The largest absolute Gasteiger partial charge is 0.311 e. The highest BCUT2D eigenvalue weighted by atomic mass is 32.2. The van der Waals surface area contributed by atoms with Gasteiger partial charge in [-0.2, -0.15) is 0 Å². The smallest absolute Gasteiger partial charge is 0.272 e. The van der Waals surface area contributed by atoms with Gasteiger partial charge in [0.1, 0.15) is 11.4 Å². The van der Waals surface area contributed by atoms with Crippen molar-refractivity contribution in [2.75, 3.05) is 0 Å². The molecular formula is C6H5F3N2O3S. The molecule has 0 saturated carbocycles. The lowest BCUT2D eigenvalue weighted by molar-refractivity contribution is 0.144. The molecule has 1 heterocycles. The normalized spacial score (nSPS) is 12.1. The molecule has 84 valence electrons. The van der Waals surface area contributed by atoms with Gasteiger partial charge in [-0.25, -0.2) is 26.7 Å². The minimum absolute atomic E-state index is 0.234. The Kier molecular flexibility index (Phi) is 2.86. The van der Waals surface area contributed by atoms with Gasteiger partial charge >= 0.3 is 0 Å². The Morgan fingerprint density at radius 1 is 1.40 bits per heavy atom. The van der Waals surface area contributed by atoms with Crippen LogP contribution in [0, 0.1) is 5.82 Å². The van der Waals surface area contributed by atoms with Crippen molar-refractivity contribution in [2.45, 2.75) is 11.5 Å². The van der Waals surface area contributed by atoms with Gasteiger partial charge in [0, 0.05) is 6.07 Å². The van der Waals surface area contributed by atoms with E-state index in [-0.39, 0.29) is 6.07 Å². The standard InChI is InChI=1S/C6H5F3N2O3S/c7-2-1-3(15(10,13)14)11-6(12)4(2)5(8)9/h1,5H,(H,11,12)(H2,10,13,14). The predicted molar refractivity (Wildman–Crippen MR) is 43.4 cm³/mol. The molecule has 3 N–H and O–H groups in total. The summed E-state index contributed by atoms with van der Waals surface area (Å²) in [5, 5.41) is 3.62. The van der Waals surface area contributed by atoms with Crippen LogP contribution in [0.1, 0.15) is 12.0 Å². The molecule has 0 atom stereocenters. The Morgan fingerprint density at radius 2 is 1.93 bits per heavy atom. The van der Waals surface area contributed by atoms with Gasteiger partial charge in [0.15, 0.2) is 5.03 Å². The van der Waals surface area contributed by atoms with E-state index in [2.05, 4.69) is 5.14 Å². The molecule has 0 amide bonds. The lowest BCUT2D eigenvalue weighted by Crippen LogP contribution is -2.23. The second-order valence-corrected chi connectivity index (χ2v) is 4.10. The van der Waals surface area contributed by atoms with Gasteiger partial charge in [-0.05, 0) is 0 Å². The van der Waals surface area contributed by atoms with Crippen molar-refractivity contribution in [2.24, 2.45) is 5.14 Å². The molecule has 0 unspecified atom stereocenters. The Hall–Kier alpha value is -1.35. The fourth-order valence-electron chi connectivity index (χ4n) is 0.873. The Morgan fingerprint density at radius 3 is 2.27 bits per heavy atom. The average Bonchev–Trinajstić information content (AvgIpc) is 1.99. The van der Waals surface area contributed by atoms with E-state index in [9.17, 15) is 26.4 Å². The molecule has 5 nitrogen and oxygen atoms in total. The molecule has 9 heteroatoms. The summed E-state index contributed by atoms with van der Waals surface area (Å²) in [6.45, 7) is 0. The monoisotopic (exact) mass is 242 g/mol. The van der Waals surface area contributed by atoms with E-state index < -0.39 is 38.4 Å². The summed E-state index contributed by atoms with van der Waals surface area (Å²) in [4.78, 5) is 12.4. The maximum absolute atomic E-state index is 12.9. The second-order valence-electron chi connectivity index (χ2n) is 2.57. The summed E-state index contributed by atoms with van der Waals surface area (Å²) in [7, 11) is -4.33. The van der Waals surface area contributed by atoms with Gasteiger partial charge in [-0.15, -0.1) is 0 Å². The molecule has 1 aromatic rings. The van der Waals surface area contributed by atoms with Crippen LogP contribution >= 0.6 is 0 Å². The fourth-order valence-corrected chi connectivity index (χ4v) is 1.38. The van der Waals surface area contributed by atoms with Gasteiger partial charge in [0.25, 0.3) is 22.0 Å². The Balaban J connectivity index is 3.53. The second kappa shape index (κ2) is 3.66. The van der Waals surface area contributed by atoms with Crippen LogP contribution in [0.5, 0.6) is 0 Å². The molecule has 0 spiro atoms. The number of alkyl halides is 2. The molecule has 0 fully saturated rings. The van der Waals surface area contributed by atoms with Crippen molar-refractivity contribution < 1.29 is 21.6 Å². The molecule has 15 heavy (non-hydrogen) atoms. The van der Waals surface area contributed by atoms with Crippen molar-refractivity contribution in [3.63, 3.8) is 0 Å². The highest BCUT2D eigenvalue weighted by Gasteiger charge is 2.21. The van der Waals surface area contributed by atoms with Crippen molar-refractivity contribution in [1.82, 2.24) is 4.98 Å². The van der Waals surface area contributed by atoms with Crippen LogP contribution in [0.3, 0.4) is 0 Å². The first-order valence-corrected chi connectivity index (χ1v) is 5.02.